The zero-order valence-electron chi connectivity index (χ0n) is 14.1. The second kappa shape index (κ2) is 5.10. The van der Waals surface area contributed by atoms with Crippen LogP contribution in [0.1, 0.15) is 59.3 Å². The third kappa shape index (κ3) is 3.18. The van der Waals surface area contributed by atoms with Crippen molar-refractivity contribution in [3.05, 3.63) is 0 Å². The van der Waals surface area contributed by atoms with Crippen molar-refractivity contribution in [2.24, 2.45) is 17.3 Å². The van der Waals surface area contributed by atoms with Crippen LogP contribution in [0.5, 0.6) is 0 Å². The van der Waals surface area contributed by atoms with Gasteiger partial charge in [0.2, 0.25) is 0 Å². The summed E-state index contributed by atoms with van der Waals surface area (Å²) in [5.74, 6) is -0.312. The van der Waals surface area contributed by atoms with E-state index in [9.17, 15) is 19.8 Å². The van der Waals surface area contributed by atoms with E-state index < -0.39 is 34.7 Å². The Bertz CT molecular complexity index is 510. The number of aliphatic hydroxyl groups is 1. The Kier molecular flexibility index (Phi) is 3.67. The molecule has 6 nitrogen and oxygen atoms in total. The van der Waals surface area contributed by atoms with Crippen LogP contribution >= 0.6 is 0 Å². The van der Waals surface area contributed by atoms with Gasteiger partial charge >= 0.3 is 12.1 Å². The SMILES string of the molecule is CC(C)(C)OC(=O)N[14C@H]([14C](=O)O)C12C[C@@H]3C[C@@H](CC(O)(C3)C1)C2. The molecule has 6 heteroatoms. The van der Waals surface area contributed by atoms with Crippen molar-refractivity contribution in [3.63, 3.8) is 0 Å². The number of rotatable bonds is 3. The van der Waals surface area contributed by atoms with Gasteiger partial charge < -0.3 is 20.3 Å². The molecular weight excluding hydrogens is 302 g/mol. The maximum absolute atomic E-state index is 12.1. The summed E-state index contributed by atoms with van der Waals surface area (Å²) in [6.07, 6.45) is 3.89. The number of nitrogens with one attached hydrogen (secondary N) is 1. The molecule has 3 N–H and O–H groups in total. The molecule has 1 amide bonds. The van der Waals surface area contributed by atoms with E-state index in [1.54, 1.807) is 20.8 Å². The minimum atomic E-state index is -1.04. The van der Waals surface area contributed by atoms with Gasteiger partial charge in [0.1, 0.15) is 11.6 Å². The molecule has 4 aliphatic rings. The van der Waals surface area contributed by atoms with E-state index in [4.69, 9.17) is 4.74 Å². The number of carbonyl (C=O) groups is 2. The summed E-state index contributed by atoms with van der Waals surface area (Å²) >= 11 is 0. The quantitative estimate of drug-likeness (QED) is 0.738. The molecule has 0 spiro atoms. The molecule has 130 valence electrons. The average Bonchev–Trinajstić information content (AvgIpc) is 2.29. The maximum atomic E-state index is 12.1. The summed E-state index contributed by atoms with van der Waals surface area (Å²) in [5, 5.41) is 23.1. The Balaban J connectivity index is 1.81. The van der Waals surface area contributed by atoms with Crippen molar-refractivity contribution < 1.29 is 24.5 Å². The second-order valence-electron chi connectivity index (χ2n) is 8.97. The van der Waals surface area contributed by atoms with Crippen LogP contribution in [0, 0.1) is 17.3 Å². The molecule has 0 saturated heterocycles. The molecular formula is C17H27NO5. The highest BCUT2D eigenvalue weighted by molar-refractivity contribution is 5.81. The number of hydrogen-bond donors (Lipinski definition) is 3. The Hall–Kier alpha value is -1.30. The lowest BCUT2D eigenvalue weighted by molar-refractivity contribution is -0.182. The highest BCUT2D eigenvalue weighted by atomic mass is 16.7. The summed E-state index contributed by atoms with van der Waals surface area (Å²) in [5.41, 5.74) is -1.98. The van der Waals surface area contributed by atoms with Gasteiger partial charge in [-0.3, -0.25) is 0 Å². The highest BCUT2D eigenvalue weighted by Gasteiger charge is 2.61. The smallest absolute Gasteiger partial charge is 0.408 e. The zero-order chi connectivity index (χ0) is 17.0. The first kappa shape index (κ1) is 16.6. The van der Waals surface area contributed by atoms with Crippen molar-refractivity contribution in [2.45, 2.75) is 76.5 Å². The zero-order valence-corrected chi connectivity index (χ0v) is 14.1. The van der Waals surface area contributed by atoms with Gasteiger partial charge in [0, 0.05) is 5.41 Å². The summed E-state index contributed by atoms with van der Waals surface area (Å²) in [6.45, 7) is 5.24. The van der Waals surface area contributed by atoms with Crippen molar-refractivity contribution in [1.82, 2.24) is 5.32 Å². The lowest BCUT2D eigenvalue weighted by atomic mass is 9.51. The van der Waals surface area contributed by atoms with Crippen molar-refractivity contribution >= 4 is 12.1 Å². The minimum absolute atomic E-state index is 0.364. The predicted octanol–water partition coefficient (Wildman–Crippen LogP) is 2.30. The molecule has 4 fully saturated rings. The van der Waals surface area contributed by atoms with Crippen LogP contribution in [-0.4, -0.2) is 39.5 Å². The first-order valence-electron chi connectivity index (χ1n) is 8.45. The first-order valence-corrected chi connectivity index (χ1v) is 8.45. The standard InChI is InChI=1S/C17H27NO5/c1-15(2,3)23-14(21)18-12(13(19)20)16-5-10-4-11(6-16)8-17(22,7-10)9-16/h10-12,22H,4-9H2,1-3H3,(H,18,21)(H,19,20)/t10-,11+,12-,16?,17?/m1/s1/i12+2,13+2. The van der Waals surface area contributed by atoms with Crippen molar-refractivity contribution in [1.29, 1.82) is 0 Å². The third-order valence-electron chi connectivity index (χ3n) is 5.60. The van der Waals surface area contributed by atoms with Crippen LogP contribution in [0.15, 0.2) is 0 Å². The molecule has 23 heavy (non-hydrogen) atoms. The van der Waals surface area contributed by atoms with Crippen LogP contribution in [0.2, 0.25) is 0 Å². The van der Waals surface area contributed by atoms with E-state index >= 15 is 0 Å². The van der Waals surface area contributed by atoms with E-state index in [0.717, 1.165) is 32.1 Å². The monoisotopic (exact) mass is 329 g/mol. The van der Waals surface area contributed by atoms with E-state index in [0.29, 0.717) is 18.3 Å². The fourth-order valence-electron chi connectivity index (χ4n) is 5.52. The lowest BCUT2D eigenvalue weighted by Crippen LogP contribution is -2.64. The molecule has 4 saturated carbocycles. The molecule has 4 rings (SSSR count). The van der Waals surface area contributed by atoms with Crippen molar-refractivity contribution in [2.75, 3.05) is 0 Å². The van der Waals surface area contributed by atoms with Gasteiger partial charge in [-0.25, -0.2) is 9.59 Å². The normalized spacial score (nSPS) is 39.8. The summed E-state index contributed by atoms with van der Waals surface area (Å²) in [7, 11) is 0. The Labute approximate surface area is 136 Å². The molecule has 0 aromatic heterocycles. The fourth-order valence-corrected chi connectivity index (χ4v) is 5.52. The van der Waals surface area contributed by atoms with Crippen LogP contribution in [-0.2, 0) is 9.53 Å². The molecule has 2 unspecified atom stereocenters. The van der Waals surface area contributed by atoms with E-state index in [1.165, 1.54) is 0 Å². The van der Waals surface area contributed by atoms with Crippen molar-refractivity contribution in [3.8, 4) is 0 Å². The summed E-state index contributed by atoms with van der Waals surface area (Å²) < 4.78 is 5.23. The largest absolute Gasteiger partial charge is 0.480 e. The van der Waals surface area contributed by atoms with Gasteiger partial charge in [-0.2, -0.15) is 0 Å². The van der Waals surface area contributed by atoms with Crippen LogP contribution < -0.4 is 5.32 Å². The molecule has 0 aromatic rings. The van der Waals surface area contributed by atoms with Crippen LogP contribution in [0.3, 0.4) is 0 Å². The Morgan fingerprint density at radius 1 is 1.26 bits per heavy atom. The lowest BCUT2D eigenvalue weighted by Gasteiger charge is -2.61. The van der Waals surface area contributed by atoms with E-state index in [-0.39, 0.29) is 0 Å². The van der Waals surface area contributed by atoms with E-state index in [1.807, 2.05) is 0 Å². The van der Waals surface area contributed by atoms with Gasteiger partial charge in [-0.05, 0) is 71.1 Å². The number of alkyl carbamates (subject to hydrolysis) is 1. The number of amides is 1. The molecule has 0 heterocycles. The molecule has 0 aliphatic heterocycles. The summed E-state index contributed by atoms with van der Waals surface area (Å²) in [4.78, 5) is 24.0. The van der Waals surface area contributed by atoms with Gasteiger partial charge in [0.05, 0.1) is 5.60 Å². The first-order chi connectivity index (χ1) is 10.5. The molecule has 0 aromatic carbocycles. The fraction of sp³-hybridized carbons (Fsp3) is 0.882. The number of aliphatic carboxylic acids is 1. The molecule has 4 bridgehead atoms. The maximum Gasteiger partial charge on any atom is 0.408 e. The Morgan fingerprint density at radius 3 is 2.26 bits per heavy atom. The van der Waals surface area contributed by atoms with Gasteiger partial charge in [0.15, 0.2) is 0 Å². The van der Waals surface area contributed by atoms with Crippen LogP contribution in [0.4, 0.5) is 4.79 Å². The molecule has 5 atom stereocenters. The number of carboxylic acid groups (broad SMARTS) is 1. The topological polar surface area (TPSA) is 95.9 Å². The average molecular weight is 329 g/mol. The summed E-state index contributed by atoms with van der Waals surface area (Å²) in [6, 6.07) is -1.00. The highest BCUT2D eigenvalue weighted by Crippen LogP contribution is 2.62. The van der Waals surface area contributed by atoms with Gasteiger partial charge in [0.25, 0.3) is 0 Å². The molecule has 0 radical (unpaired) electrons. The predicted molar refractivity (Wildman–Crippen MR) is 82.9 cm³/mol. The number of ether oxygens (including phenoxy) is 1. The van der Waals surface area contributed by atoms with Gasteiger partial charge in [-0.1, -0.05) is 0 Å². The third-order valence-corrected chi connectivity index (χ3v) is 5.60. The number of carbonyl (C=O) groups excluding carboxylic acids is 1. The second-order valence-corrected chi connectivity index (χ2v) is 8.97. The van der Waals surface area contributed by atoms with Crippen LogP contribution in [0.25, 0.3) is 0 Å². The number of hydrogen-bond acceptors (Lipinski definition) is 4. The Morgan fingerprint density at radius 2 is 1.83 bits per heavy atom. The number of carboxylic acids is 1. The van der Waals surface area contributed by atoms with E-state index in [2.05, 4.69) is 5.32 Å². The minimum Gasteiger partial charge on any atom is -0.480 e. The van der Waals surface area contributed by atoms with Gasteiger partial charge in [-0.15, -0.1) is 0 Å². The molecule has 4 aliphatic carbocycles.